The molecule has 0 aromatic heterocycles. The van der Waals surface area contributed by atoms with Crippen LogP contribution in [0.2, 0.25) is 11.5 Å². The van der Waals surface area contributed by atoms with Gasteiger partial charge < -0.3 is 16.0 Å². The van der Waals surface area contributed by atoms with Crippen molar-refractivity contribution in [2.45, 2.75) is 64.5 Å². The van der Waals surface area contributed by atoms with Gasteiger partial charge in [0, 0.05) is 0 Å². The Morgan fingerprint density at radius 2 is 1.14 bits per heavy atom. The van der Waals surface area contributed by atoms with Crippen LogP contribution in [0.1, 0.15) is 48.0 Å². The number of nitrogens with zero attached hydrogens (tertiary/aromatic N) is 3. The Hall–Kier alpha value is 0.576. The summed E-state index contributed by atoms with van der Waals surface area (Å²) < 4.78 is 37.9. The Bertz CT molecular complexity index is 354. The fraction of sp³-hybridized carbons (Fsp3) is 0.800. The van der Waals surface area contributed by atoms with Crippen LogP contribution >= 0.6 is 0 Å². The summed E-state index contributed by atoms with van der Waals surface area (Å²) in [4.78, 5) is 0. The van der Waals surface area contributed by atoms with Crippen molar-refractivity contribution in [1.82, 2.24) is 0 Å². The van der Waals surface area contributed by atoms with Crippen LogP contribution in [0, 0.1) is 6.08 Å². The van der Waals surface area contributed by atoms with Crippen molar-refractivity contribution in [3.63, 3.8) is 0 Å². The van der Waals surface area contributed by atoms with Gasteiger partial charge in [0.05, 0.1) is 0 Å². The molecule has 8 heteroatoms. The first kappa shape index (κ1) is 36.0. The Labute approximate surface area is 194 Å². The molecular weight excluding hydrogens is 503 g/mol. The van der Waals surface area contributed by atoms with Gasteiger partial charge in [-0.15, -0.1) is 0 Å². The van der Waals surface area contributed by atoms with E-state index in [1.165, 1.54) is 11.5 Å². The normalized spacial score (nSPS) is 12.3. The molecule has 0 fully saturated rings. The maximum Gasteiger partial charge on any atom is 4.00 e. The van der Waals surface area contributed by atoms with Crippen LogP contribution in [0.25, 0.3) is 16.0 Å². The molecule has 0 aromatic carbocycles. The maximum atomic E-state index is 12.5. The summed E-state index contributed by atoms with van der Waals surface area (Å²) in [6, 6.07) is 0. The van der Waals surface area contributed by atoms with Crippen molar-refractivity contribution in [2.24, 2.45) is 0 Å². The molecule has 0 saturated carbocycles. The molecule has 0 unspecified atom stereocenters. The number of halogens is 3. The minimum absolute atomic E-state index is 0. The Kier molecular flexibility index (Phi) is 30.6. The van der Waals surface area contributed by atoms with E-state index < -0.39 is 18.3 Å². The van der Waals surface area contributed by atoms with Gasteiger partial charge in [-0.25, -0.2) is 0 Å². The molecule has 0 amide bonds. The van der Waals surface area contributed by atoms with Gasteiger partial charge in [0.1, 0.15) is 0 Å². The maximum absolute atomic E-state index is 12.5. The van der Waals surface area contributed by atoms with Crippen molar-refractivity contribution >= 4 is 13.3 Å². The molecule has 0 bridgehead atoms. The van der Waals surface area contributed by atoms with Crippen molar-refractivity contribution in [2.75, 3.05) is 39.3 Å². The first-order valence-corrected chi connectivity index (χ1v) is 16.1. The molecule has 1 aliphatic rings. The van der Waals surface area contributed by atoms with Crippen molar-refractivity contribution in [3.8, 4) is 0 Å². The average Bonchev–Trinajstić information content (AvgIpc) is 3.13. The predicted octanol–water partition coefficient (Wildman–Crippen LogP) is 7.22. The van der Waals surface area contributed by atoms with Crippen LogP contribution in [0.3, 0.4) is 0 Å². The van der Waals surface area contributed by atoms with E-state index in [1.807, 2.05) is 41.5 Å². The number of hydrogen-bond acceptors (Lipinski definition) is 0. The van der Waals surface area contributed by atoms with Gasteiger partial charge in [0.15, 0.2) is 0 Å². The van der Waals surface area contributed by atoms with Crippen molar-refractivity contribution in [1.29, 1.82) is 0 Å². The summed E-state index contributed by atoms with van der Waals surface area (Å²) in [5.41, 5.74) is 0. The van der Waals surface area contributed by atoms with Gasteiger partial charge in [0.2, 0.25) is 0 Å². The monoisotopic (exact) mass is 543 g/mol. The summed E-state index contributed by atoms with van der Waals surface area (Å²) in [7, 11) is 0. The van der Waals surface area contributed by atoms with Gasteiger partial charge in [-0.3, -0.25) is 0 Å². The van der Waals surface area contributed by atoms with E-state index in [4.69, 9.17) is 0 Å². The zero-order chi connectivity index (χ0) is 21.8. The number of rotatable bonds is 7. The second-order valence-electron chi connectivity index (χ2n) is 5.89. The van der Waals surface area contributed by atoms with E-state index in [0.29, 0.717) is 10.8 Å². The van der Waals surface area contributed by atoms with Gasteiger partial charge in [-0.05, 0) is 0 Å². The molecule has 0 aliphatic heterocycles. The van der Waals surface area contributed by atoms with E-state index in [2.05, 4.69) is 22.0 Å². The predicted molar refractivity (Wildman–Crippen MR) is 117 cm³/mol. The molecule has 0 N–H and O–H groups in total. The number of allylic oxidation sites excluding steroid dienone is 4. The molecule has 1 rings (SSSR count). The molecule has 164 valence electrons. The first-order chi connectivity index (χ1) is 12.6. The molecule has 0 spiro atoms. The molecule has 1 aliphatic carbocycles. The van der Waals surface area contributed by atoms with Gasteiger partial charge >= 0.3 is 98.2 Å². The zero-order valence-corrected chi connectivity index (χ0v) is 23.6. The second-order valence-corrected chi connectivity index (χ2v) is 15.0. The standard InChI is InChI=1S/C8H10F3Ge.3C4H10N.Zr/c1-12(2,8(9,10)11)7-5-3-4-6-7;3*1-3-5-4-2;/h3,5H,4H2,1-2H3;3*3-4H2,1-2H3;/q4*-1;+4. The molecule has 0 radical (unpaired) electrons. The summed E-state index contributed by atoms with van der Waals surface area (Å²) in [5.74, 6) is 2.72. The molecule has 0 aromatic rings. The summed E-state index contributed by atoms with van der Waals surface area (Å²) in [6.45, 7) is 18.1. The second kappa shape index (κ2) is 23.9. The third-order valence-corrected chi connectivity index (χ3v) is 9.94. The van der Waals surface area contributed by atoms with Crippen LogP contribution in [0.5, 0.6) is 0 Å². The summed E-state index contributed by atoms with van der Waals surface area (Å²) in [6.07, 6.45) is 6.62. The molecule has 3 nitrogen and oxygen atoms in total. The van der Waals surface area contributed by atoms with Crippen LogP contribution in [-0.4, -0.2) is 57.5 Å². The Morgan fingerprint density at radius 1 is 0.821 bits per heavy atom. The fourth-order valence-electron chi connectivity index (χ4n) is 1.66. The van der Waals surface area contributed by atoms with E-state index >= 15 is 0 Å². The minimum atomic E-state index is -4.00. The zero-order valence-electron chi connectivity index (χ0n) is 19.1. The molecule has 0 saturated heterocycles. The topological polar surface area (TPSA) is 42.3 Å². The average molecular weight is 543 g/mol. The van der Waals surface area contributed by atoms with Gasteiger partial charge in [-0.2, -0.15) is 39.3 Å². The number of hydrogen-bond donors (Lipinski definition) is 0. The van der Waals surface area contributed by atoms with E-state index in [-0.39, 0.29) is 26.2 Å². The van der Waals surface area contributed by atoms with E-state index in [1.54, 1.807) is 12.2 Å². The molecule has 0 heterocycles. The quantitative estimate of drug-likeness (QED) is 0.240. The Morgan fingerprint density at radius 3 is 1.29 bits per heavy atom. The van der Waals surface area contributed by atoms with Crippen molar-refractivity contribution in [3.05, 3.63) is 38.6 Å². The van der Waals surface area contributed by atoms with Crippen LogP contribution in [-0.2, 0) is 26.2 Å². The molecule has 0 atom stereocenters. The Balaban J connectivity index is -0.000000153. The van der Waals surface area contributed by atoms with Gasteiger partial charge in [-0.1, -0.05) is 41.5 Å². The minimum Gasteiger partial charge on any atom is 4.00 e. The van der Waals surface area contributed by atoms with E-state index in [0.717, 1.165) is 39.3 Å². The number of alkyl halides is 3. The third kappa shape index (κ3) is 21.3. The smallest absolute Gasteiger partial charge is 4.00 e. The first-order valence-electron chi connectivity index (χ1n) is 9.84. The fourth-order valence-corrected chi connectivity index (χ4v) is 4.56. The molecular formula is C20H40F3GeN3Zr. The van der Waals surface area contributed by atoms with Crippen molar-refractivity contribution < 1.29 is 39.4 Å². The summed E-state index contributed by atoms with van der Waals surface area (Å²) >= 11 is -3.77. The van der Waals surface area contributed by atoms with Gasteiger partial charge in [0.25, 0.3) is 0 Å². The van der Waals surface area contributed by atoms with Crippen LogP contribution in [0.4, 0.5) is 13.2 Å². The SMILES string of the molecule is CC[N-]CC.CC[N-]CC.CC[N-]CC.[CH3][Ge]([CH3])([C]1=[C-]CC=C1)[C](F)(F)F.[Zr+4]. The van der Waals surface area contributed by atoms with Crippen LogP contribution < -0.4 is 0 Å². The van der Waals surface area contributed by atoms with E-state index in [9.17, 15) is 13.2 Å². The third-order valence-electron chi connectivity index (χ3n) is 3.42. The van der Waals surface area contributed by atoms with Crippen LogP contribution in [0.15, 0.2) is 16.6 Å². The summed E-state index contributed by atoms with van der Waals surface area (Å²) in [5, 5.41) is 7.91. The largest absolute Gasteiger partial charge is 4.00 e. The molecule has 28 heavy (non-hydrogen) atoms.